The maximum Gasteiger partial charge on any atom is 0.408 e. The van der Waals surface area contributed by atoms with Gasteiger partial charge in [-0.1, -0.05) is 0 Å². The summed E-state index contributed by atoms with van der Waals surface area (Å²) >= 11 is 0. The molecule has 1 unspecified atom stereocenters. The van der Waals surface area contributed by atoms with Crippen molar-refractivity contribution in [2.45, 2.75) is 64.3 Å². The molecule has 3 N–H and O–H groups in total. The topological polar surface area (TPSA) is 88.0 Å². The Morgan fingerprint density at radius 1 is 1.41 bits per heavy atom. The van der Waals surface area contributed by atoms with E-state index in [0.717, 1.165) is 0 Å². The molecular weight excluding hydrogens is 226 g/mol. The molecule has 0 aromatic heterocycles. The van der Waals surface area contributed by atoms with Crippen molar-refractivity contribution in [2.24, 2.45) is 0 Å². The molecular formula is C11H21NO5. The number of carbonyl (C=O) groups is 1. The predicted molar refractivity (Wildman–Crippen MR) is 60.3 cm³/mol. The van der Waals surface area contributed by atoms with Crippen LogP contribution in [0, 0.1) is 0 Å². The molecule has 4 atom stereocenters. The van der Waals surface area contributed by atoms with Gasteiger partial charge < -0.3 is 25.0 Å². The molecule has 1 aliphatic rings. The highest BCUT2D eigenvalue weighted by molar-refractivity contribution is 5.69. The monoisotopic (exact) mass is 247 g/mol. The Hall–Kier alpha value is -0.850. The SMILES string of the molecule is C[C@@H]1OC(O)[C@](C)(NC(=O)OC(C)(C)C)[C@@H]1O. The Morgan fingerprint density at radius 2 is 1.94 bits per heavy atom. The maximum atomic E-state index is 11.6. The average molecular weight is 247 g/mol. The van der Waals surface area contributed by atoms with Gasteiger partial charge in [0.15, 0.2) is 6.29 Å². The zero-order valence-electron chi connectivity index (χ0n) is 10.9. The van der Waals surface area contributed by atoms with Crippen molar-refractivity contribution in [3.63, 3.8) is 0 Å². The lowest BCUT2D eigenvalue weighted by molar-refractivity contribution is -0.113. The van der Waals surface area contributed by atoms with Crippen LogP contribution in [0.25, 0.3) is 0 Å². The molecule has 0 aliphatic carbocycles. The summed E-state index contributed by atoms with van der Waals surface area (Å²) in [5.74, 6) is 0. The van der Waals surface area contributed by atoms with Gasteiger partial charge in [-0.2, -0.15) is 0 Å². The van der Waals surface area contributed by atoms with Crippen LogP contribution in [0.1, 0.15) is 34.6 Å². The van der Waals surface area contributed by atoms with E-state index in [-0.39, 0.29) is 0 Å². The summed E-state index contributed by atoms with van der Waals surface area (Å²) in [6, 6.07) is 0. The number of carbonyl (C=O) groups excluding carboxylic acids is 1. The Balaban J connectivity index is 2.70. The first-order valence-corrected chi connectivity index (χ1v) is 5.59. The van der Waals surface area contributed by atoms with Crippen molar-refractivity contribution in [1.82, 2.24) is 5.32 Å². The van der Waals surface area contributed by atoms with Crippen LogP contribution in [0.3, 0.4) is 0 Å². The van der Waals surface area contributed by atoms with Gasteiger partial charge in [-0.25, -0.2) is 4.79 Å². The van der Waals surface area contributed by atoms with Crippen LogP contribution in [0.4, 0.5) is 4.79 Å². The minimum Gasteiger partial charge on any atom is -0.444 e. The Bertz CT molecular complexity index is 301. The summed E-state index contributed by atoms with van der Waals surface area (Å²) in [4.78, 5) is 11.6. The average Bonchev–Trinajstić information content (AvgIpc) is 2.27. The molecule has 1 rings (SSSR count). The van der Waals surface area contributed by atoms with E-state index in [0.29, 0.717) is 0 Å². The minimum atomic E-state index is -1.26. The molecule has 1 heterocycles. The summed E-state index contributed by atoms with van der Waals surface area (Å²) in [6.07, 6.45) is -3.51. The molecule has 6 heteroatoms. The molecule has 0 radical (unpaired) electrons. The van der Waals surface area contributed by atoms with Crippen molar-refractivity contribution in [2.75, 3.05) is 0 Å². The third kappa shape index (κ3) is 3.08. The number of aliphatic hydroxyl groups is 2. The van der Waals surface area contributed by atoms with E-state index in [1.807, 2.05) is 0 Å². The zero-order valence-corrected chi connectivity index (χ0v) is 10.9. The van der Waals surface area contributed by atoms with Crippen LogP contribution >= 0.6 is 0 Å². The van der Waals surface area contributed by atoms with Crippen LogP contribution in [0.2, 0.25) is 0 Å². The van der Waals surface area contributed by atoms with Crippen LogP contribution in [0.5, 0.6) is 0 Å². The van der Waals surface area contributed by atoms with Crippen LogP contribution in [-0.2, 0) is 9.47 Å². The van der Waals surface area contributed by atoms with Gasteiger partial charge >= 0.3 is 6.09 Å². The van der Waals surface area contributed by atoms with Gasteiger partial charge in [0.05, 0.1) is 6.10 Å². The smallest absolute Gasteiger partial charge is 0.408 e. The molecule has 0 bridgehead atoms. The fourth-order valence-corrected chi connectivity index (χ4v) is 1.71. The number of amides is 1. The molecule has 100 valence electrons. The first-order chi connectivity index (χ1) is 7.56. The van der Waals surface area contributed by atoms with Crippen LogP contribution in [0.15, 0.2) is 0 Å². The fraction of sp³-hybridized carbons (Fsp3) is 0.909. The Morgan fingerprint density at radius 3 is 2.29 bits per heavy atom. The maximum absolute atomic E-state index is 11.6. The number of ether oxygens (including phenoxy) is 2. The second-order valence-electron chi connectivity index (χ2n) is 5.55. The fourth-order valence-electron chi connectivity index (χ4n) is 1.71. The van der Waals surface area contributed by atoms with Gasteiger partial charge in [0.2, 0.25) is 0 Å². The van der Waals surface area contributed by atoms with Crippen molar-refractivity contribution in [3.8, 4) is 0 Å². The highest BCUT2D eigenvalue weighted by Crippen LogP contribution is 2.29. The minimum absolute atomic E-state index is 0.551. The summed E-state index contributed by atoms with van der Waals surface area (Å²) in [7, 11) is 0. The predicted octanol–water partition coefficient (Wildman–Crippen LogP) is 0.368. The van der Waals surface area contributed by atoms with E-state index in [1.54, 1.807) is 27.7 Å². The van der Waals surface area contributed by atoms with Gasteiger partial charge in [0.25, 0.3) is 0 Å². The molecule has 1 amide bonds. The number of hydrogen-bond donors (Lipinski definition) is 3. The first kappa shape index (κ1) is 14.2. The number of rotatable bonds is 1. The normalized spacial score (nSPS) is 37.9. The van der Waals surface area contributed by atoms with Crippen molar-refractivity contribution in [3.05, 3.63) is 0 Å². The molecule has 0 aromatic carbocycles. The number of alkyl carbamates (subject to hydrolysis) is 1. The number of nitrogens with one attached hydrogen (secondary N) is 1. The molecule has 17 heavy (non-hydrogen) atoms. The first-order valence-electron chi connectivity index (χ1n) is 5.59. The van der Waals surface area contributed by atoms with Gasteiger partial charge in [-0.05, 0) is 34.6 Å². The van der Waals surface area contributed by atoms with E-state index in [9.17, 15) is 15.0 Å². The highest BCUT2D eigenvalue weighted by atomic mass is 16.6. The van der Waals surface area contributed by atoms with Crippen molar-refractivity contribution >= 4 is 6.09 Å². The lowest BCUT2D eigenvalue weighted by atomic mass is 9.94. The van der Waals surface area contributed by atoms with E-state index >= 15 is 0 Å². The van der Waals surface area contributed by atoms with E-state index < -0.39 is 35.7 Å². The summed E-state index contributed by atoms with van der Waals surface area (Å²) in [6.45, 7) is 8.33. The molecule has 6 nitrogen and oxygen atoms in total. The summed E-state index contributed by atoms with van der Waals surface area (Å²) in [5, 5.41) is 22.0. The van der Waals surface area contributed by atoms with Gasteiger partial charge in [0, 0.05) is 0 Å². The third-order valence-electron chi connectivity index (χ3n) is 2.69. The summed E-state index contributed by atoms with van der Waals surface area (Å²) in [5.41, 5.74) is -1.90. The summed E-state index contributed by atoms with van der Waals surface area (Å²) < 4.78 is 10.1. The molecule has 1 saturated heterocycles. The molecule has 0 saturated carbocycles. The third-order valence-corrected chi connectivity index (χ3v) is 2.69. The second kappa shape index (κ2) is 4.44. The van der Waals surface area contributed by atoms with Crippen molar-refractivity contribution < 1.29 is 24.5 Å². The number of aliphatic hydroxyl groups excluding tert-OH is 2. The van der Waals surface area contributed by atoms with E-state index in [1.165, 1.54) is 6.92 Å². The quantitative estimate of drug-likeness (QED) is 0.623. The van der Waals surface area contributed by atoms with Crippen LogP contribution < -0.4 is 5.32 Å². The largest absolute Gasteiger partial charge is 0.444 e. The highest BCUT2D eigenvalue weighted by Gasteiger charge is 2.52. The standard InChI is InChI=1S/C11H21NO5/c1-6-7(13)11(5,8(14)16-6)12-9(15)17-10(2,3)4/h6-8,13-14H,1-5H3,(H,12,15)/t6-,7+,8?,11+/m0/s1. The van der Waals surface area contributed by atoms with Gasteiger partial charge in [-0.15, -0.1) is 0 Å². The second-order valence-corrected chi connectivity index (χ2v) is 5.55. The zero-order chi connectivity index (χ0) is 13.4. The van der Waals surface area contributed by atoms with E-state index in [2.05, 4.69) is 5.32 Å². The lowest BCUT2D eigenvalue weighted by Crippen LogP contribution is -2.59. The Kier molecular flexibility index (Phi) is 3.71. The lowest BCUT2D eigenvalue weighted by Gasteiger charge is -2.32. The molecule has 1 fully saturated rings. The van der Waals surface area contributed by atoms with Crippen molar-refractivity contribution in [1.29, 1.82) is 0 Å². The van der Waals surface area contributed by atoms with Crippen LogP contribution in [-0.4, -0.2) is 45.9 Å². The molecule has 0 spiro atoms. The Labute approximate surface area is 101 Å². The van der Waals surface area contributed by atoms with Gasteiger partial charge in [0.1, 0.15) is 17.2 Å². The van der Waals surface area contributed by atoms with E-state index in [4.69, 9.17) is 9.47 Å². The molecule has 0 aromatic rings. The number of hydrogen-bond acceptors (Lipinski definition) is 5. The molecule has 1 aliphatic heterocycles. The van der Waals surface area contributed by atoms with Gasteiger partial charge in [-0.3, -0.25) is 0 Å².